The van der Waals surface area contributed by atoms with Crippen molar-refractivity contribution in [3.63, 3.8) is 0 Å². The molecule has 0 bridgehead atoms. The van der Waals surface area contributed by atoms with Gasteiger partial charge in [-0.25, -0.2) is 0 Å². The van der Waals surface area contributed by atoms with Crippen molar-refractivity contribution in [2.45, 2.75) is 32.4 Å². The second-order valence-electron chi connectivity index (χ2n) is 3.57. The van der Waals surface area contributed by atoms with Gasteiger partial charge < -0.3 is 5.32 Å². The summed E-state index contributed by atoms with van der Waals surface area (Å²) in [4.78, 5) is 4.59. The van der Waals surface area contributed by atoms with Gasteiger partial charge in [-0.15, -0.1) is 0 Å². The second-order valence-corrected chi connectivity index (χ2v) is 4.58. The van der Waals surface area contributed by atoms with E-state index >= 15 is 0 Å². The summed E-state index contributed by atoms with van der Waals surface area (Å²) in [6, 6.07) is 1.25. The molecule has 0 spiro atoms. The Hall–Kier alpha value is -0.180. The van der Waals surface area contributed by atoms with Gasteiger partial charge in [-0.3, -0.25) is 4.99 Å². The fourth-order valence-electron chi connectivity index (χ4n) is 1.21. The highest BCUT2D eigenvalue weighted by atomic mass is 32.2. The normalized spacial score (nSPS) is 46.0. The van der Waals surface area contributed by atoms with E-state index in [1.807, 2.05) is 11.8 Å². The first-order valence-corrected chi connectivity index (χ1v) is 5.21. The molecule has 2 fully saturated rings. The molecule has 1 aliphatic heterocycles. The molecule has 1 saturated heterocycles. The number of nitrogens with zero attached hydrogens (tertiary/aromatic N) is 1. The van der Waals surface area contributed by atoms with Crippen LogP contribution in [-0.4, -0.2) is 23.0 Å². The molecule has 2 rings (SSSR count). The third kappa shape index (κ3) is 1.70. The molecule has 0 aromatic rings. The van der Waals surface area contributed by atoms with Crippen LogP contribution < -0.4 is 5.32 Å². The maximum atomic E-state index is 4.59. The molecular weight excluding hydrogens is 156 g/mol. The van der Waals surface area contributed by atoms with Crippen LogP contribution >= 0.6 is 11.8 Å². The van der Waals surface area contributed by atoms with Gasteiger partial charge in [-0.1, -0.05) is 18.7 Å². The van der Waals surface area contributed by atoms with Gasteiger partial charge in [0.2, 0.25) is 0 Å². The van der Waals surface area contributed by atoms with Gasteiger partial charge in [0.05, 0.1) is 6.04 Å². The molecule has 3 unspecified atom stereocenters. The quantitative estimate of drug-likeness (QED) is 0.644. The number of hydrogen-bond acceptors (Lipinski definition) is 2. The minimum absolute atomic E-state index is 0.618. The third-order valence-electron chi connectivity index (χ3n) is 2.19. The molecule has 1 aliphatic carbocycles. The van der Waals surface area contributed by atoms with E-state index in [0.29, 0.717) is 12.1 Å². The molecule has 0 aromatic heterocycles. The average Bonchev–Trinajstić information content (AvgIpc) is 2.42. The van der Waals surface area contributed by atoms with E-state index in [-0.39, 0.29) is 0 Å². The van der Waals surface area contributed by atoms with Crippen LogP contribution in [0, 0.1) is 5.92 Å². The number of amidine groups is 1. The first-order valence-electron chi connectivity index (χ1n) is 4.23. The molecule has 0 amide bonds. The molecule has 1 saturated carbocycles. The van der Waals surface area contributed by atoms with Crippen molar-refractivity contribution in [2.75, 3.05) is 5.75 Å². The van der Waals surface area contributed by atoms with Gasteiger partial charge in [-0.05, 0) is 19.3 Å². The van der Waals surface area contributed by atoms with Crippen LogP contribution in [0.4, 0.5) is 0 Å². The van der Waals surface area contributed by atoms with E-state index < -0.39 is 0 Å². The number of rotatable bonds is 1. The van der Waals surface area contributed by atoms with Crippen LogP contribution in [0.1, 0.15) is 20.3 Å². The maximum Gasteiger partial charge on any atom is 0.157 e. The van der Waals surface area contributed by atoms with Crippen molar-refractivity contribution < 1.29 is 0 Å². The fraction of sp³-hybridized carbons (Fsp3) is 0.875. The lowest BCUT2D eigenvalue weighted by molar-refractivity contribution is 0.761. The summed E-state index contributed by atoms with van der Waals surface area (Å²) in [5.74, 6) is 2.01. The minimum Gasteiger partial charge on any atom is -0.362 e. The Balaban J connectivity index is 1.90. The Morgan fingerprint density at radius 3 is 2.73 bits per heavy atom. The van der Waals surface area contributed by atoms with E-state index in [1.54, 1.807) is 0 Å². The summed E-state index contributed by atoms with van der Waals surface area (Å²) in [5, 5.41) is 4.53. The van der Waals surface area contributed by atoms with Crippen LogP contribution in [-0.2, 0) is 0 Å². The number of aliphatic imine (C=N–C) groups is 1. The van der Waals surface area contributed by atoms with Gasteiger partial charge in [0, 0.05) is 11.8 Å². The summed E-state index contributed by atoms with van der Waals surface area (Å²) in [7, 11) is 0. The van der Waals surface area contributed by atoms with E-state index in [1.165, 1.54) is 17.3 Å². The molecule has 11 heavy (non-hydrogen) atoms. The third-order valence-corrected chi connectivity index (χ3v) is 3.35. The molecule has 3 atom stereocenters. The smallest absolute Gasteiger partial charge is 0.157 e. The van der Waals surface area contributed by atoms with Gasteiger partial charge >= 0.3 is 0 Å². The Morgan fingerprint density at radius 2 is 2.27 bits per heavy atom. The summed E-state index contributed by atoms with van der Waals surface area (Å²) < 4.78 is 0. The lowest BCUT2D eigenvalue weighted by Crippen LogP contribution is -2.23. The van der Waals surface area contributed by atoms with Crippen LogP contribution in [0.3, 0.4) is 0 Å². The highest BCUT2D eigenvalue weighted by Gasteiger charge is 2.33. The molecule has 62 valence electrons. The van der Waals surface area contributed by atoms with Crippen molar-refractivity contribution in [1.29, 1.82) is 0 Å². The predicted octanol–water partition coefficient (Wildman–Crippen LogP) is 1.48. The molecule has 2 aliphatic rings. The van der Waals surface area contributed by atoms with Crippen LogP contribution in [0.5, 0.6) is 0 Å². The lowest BCUT2D eigenvalue weighted by Gasteiger charge is -1.99. The zero-order valence-corrected chi connectivity index (χ0v) is 7.82. The van der Waals surface area contributed by atoms with Crippen molar-refractivity contribution in [2.24, 2.45) is 10.9 Å². The van der Waals surface area contributed by atoms with Crippen molar-refractivity contribution in [3.05, 3.63) is 0 Å². The van der Waals surface area contributed by atoms with E-state index in [9.17, 15) is 0 Å². The molecule has 0 radical (unpaired) electrons. The molecule has 3 heteroatoms. The van der Waals surface area contributed by atoms with Crippen LogP contribution in [0.2, 0.25) is 0 Å². The Kier molecular flexibility index (Phi) is 1.83. The van der Waals surface area contributed by atoms with E-state index in [2.05, 4.69) is 24.2 Å². The van der Waals surface area contributed by atoms with E-state index in [4.69, 9.17) is 0 Å². The zero-order chi connectivity index (χ0) is 7.84. The van der Waals surface area contributed by atoms with Crippen LogP contribution in [0.15, 0.2) is 4.99 Å². The van der Waals surface area contributed by atoms with Crippen LogP contribution in [0.25, 0.3) is 0 Å². The molecule has 0 aromatic carbocycles. The summed E-state index contributed by atoms with van der Waals surface area (Å²) in [5.41, 5.74) is 0. The fourth-order valence-corrected chi connectivity index (χ4v) is 2.19. The summed E-state index contributed by atoms with van der Waals surface area (Å²) in [6.45, 7) is 4.46. The largest absolute Gasteiger partial charge is 0.362 e. The Labute approximate surface area is 71.9 Å². The molecule has 1 N–H and O–H groups in total. The topological polar surface area (TPSA) is 24.4 Å². The standard InChI is InChI=1S/C8H14N2S/c1-5-3-7(5)10-8-9-6(2)4-11-8/h5-7H,3-4H2,1-2H3,(H,9,10). The minimum atomic E-state index is 0.618. The number of hydrogen-bond donors (Lipinski definition) is 1. The molecule has 1 heterocycles. The van der Waals surface area contributed by atoms with Gasteiger partial charge in [0.1, 0.15) is 0 Å². The molecular formula is C8H14N2S. The highest BCUT2D eigenvalue weighted by Crippen LogP contribution is 2.34. The zero-order valence-electron chi connectivity index (χ0n) is 7.00. The average molecular weight is 170 g/mol. The number of thioether (sulfide) groups is 1. The second kappa shape index (κ2) is 2.70. The lowest BCUT2D eigenvalue weighted by atomic mass is 10.4. The highest BCUT2D eigenvalue weighted by molar-refractivity contribution is 8.14. The summed E-state index contributed by atoms with van der Waals surface area (Å²) in [6.07, 6.45) is 1.29. The van der Waals surface area contributed by atoms with Gasteiger partial charge in [0.25, 0.3) is 0 Å². The first-order chi connectivity index (χ1) is 5.25. The van der Waals surface area contributed by atoms with Crippen molar-refractivity contribution >= 4 is 16.9 Å². The summed E-state index contributed by atoms with van der Waals surface area (Å²) >= 11 is 1.86. The Morgan fingerprint density at radius 1 is 1.55 bits per heavy atom. The SMILES string of the molecule is CC1CSC(=NC2CC2C)N1. The van der Waals surface area contributed by atoms with Gasteiger partial charge in [0.15, 0.2) is 5.17 Å². The van der Waals surface area contributed by atoms with Crippen molar-refractivity contribution in [1.82, 2.24) is 5.32 Å². The monoisotopic (exact) mass is 170 g/mol. The number of nitrogens with one attached hydrogen (secondary N) is 1. The van der Waals surface area contributed by atoms with Crippen molar-refractivity contribution in [3.8, 4) is 0 Å². The maximum absolute atomic E-state index is 4.59. The van der Waals surface area contributed by atoms with Gasteiger partial charge in [-0.2, -0.15) is 0 Å². The molecule has 2 nitrogen and oxygen atoms in total. The Bertz CT molecular complexity index is 191. The first kappa shape index (κ1) is 7.47. The van der Waals surface area contributed by atoms with E-state index in [0.717, 1.165) is 5.92 Å². The predicted molar refractivity (Wildman–Crippen MR) is 50.1 cm³/mol.